The van der Waals surface area contributed by atoms with Crippen LogP contribution in [-0.4, -0.2) is 15.7 Å². The van der Waals surface area contributed by atoms with E-state index in [0.29, 0.717) is 5.69 Å². The number of anilines is 1. The fraction of sp³-hybridized carbons (Fsp3) is 0.231. The second-order valence-electron chi connectivity index (χ2n) is 4.06. The predicted molar refractivity (Wildman–Crippen MR) is 67.9 cm³/mol. The summed E-state index contributed by atoms with van der Waals surface area (Å²) in [6.07, 6.45) is 1.24. The maximum Gasteiger partial charge on any atom is 0.361 e. The molecule has 0 saturated heterocycles. The van der Waals surface area contributed by atoms with Crippen molar-refractivity contribution < 1.29 is 9.53 Å². The fourth-order valence-corrected chi connectivity index (χ4v) is 1.67. The van der Waals surface area contributed by atoms with Crippen LogP contribution in [0, 0.1) is 0 Å². The van der Waals surface area contributed by atoms with Crippen molar-refractivity contribution in [1.29, 1.82) is 0 Å². The number of esters is 1. The molecule has 1 heterocycles. The van der Waals surface area contributed by atoms with Gasteiger partial charge in [0.15, 0.2) is 5.69 Å². The summed E-state index contributed by atoms with van der Waals surface area (Å²) >= 11 is 0. The Bertz CT molecular complexity index is 549. The molecule has 0 fully saturated rings. The number of aryl methyl sites for hydroxylation is 1. The van der Waals surface area contributed by atoms with Gasteiger partial charge in [0, 0.05) is 13.2 Å². The van der Waals surface area contributed by atoms with Crippen LogP contribution in [0.3, 0.4) is 0 Å². The first-order chi connectivity index (χ1) is 8.58. The molecule has 0 saturated carbocycles. The number of nitrogen functional groups attached to an aromatic ring is 1. The molecule has 94 valence electrons. The normalized spacial score (nSPS) is 12.1. The lowest BCUT2D eigenvalue weighted by molar-refractivity contribution is 0.0331. The number of benzene rings is 1. The van der Waals surface area contributed by atoms with E-state index >= 15 is 0 Å². The van der Waals surface area contributed by atoms with E-state index in [1.54, 1.807) is 13.2 Å². The first kappa shape index (κ1) is 12.2. The molecular weight excluding hydrogens is 230 g/mol. The third kappa shape index (κ3) is 2.51. The van der Waals surface area contributed by atoms with Crippen molar-refractivity contribution in [3.63, 3.8) is 0 Å². The third-order valence-electron chi connectivity index (χ3n) is 2.60. The van der Waals surface area contributed by atoms with Crippen molar-refractivity contribution in [3.05, 3.63) is 47.8 Å². The zero-order valence-electron chi connectivity index (χ0n) is 10.3. The van der Waals surface area contributed by atoms with Crippen LogP contribution >= 0.6 is 0 Å². The molecule has 0 aliphatic heterocycles. The van der Waals surface area contributed by atoms with Crippen LogP contribution in [0.25, 0.3) is 0 Å². The molecule has 5 heteroatoms. The molecule has 0 aliphatic rings. The van der Waals surface area contributed by atoms with E-state index in [9.17, 15) is 4.79 Å². The second kappa shape index (κ2) is 4.91. The molecule has 0 aliphatic carbocycles. The van der Waals surface area contributed by atoms with Gasteiger partial charge in [0.1, 0.15) is 6.10 Å². The smallest absolute Gasteiger partial charge is 0.361 e. The summed E-state index contributed by atoms with van der Waals surface area (Å²) in [6.45, 7) is 1.81. The van der Waals surface area contributed by atoms with Gasteiger partial charge in [-0.2, -0.15) is 5.10 Å². The van der Waals surface area contributed by atoms with Crippen molar-refractivity contribution in [2.45, 2.75) is 13.0 Å². The van der Waals surface area contributed by atoms with Gasteiger partial charge in [-0.1, -0.05) is 30.3 Å². The quantitative estimate of drug-likeness (QED) is 0.839. The van der Waals surface area contributed by atoms with Gasteiger partial charge >= 0.3 is 5.97 Å². The summed E-state index contributed by atoms with van der Waals surface area (Å²) in [5, 5.41) is 3.97. The van der Waals surface area contributed by atoms with Crippen LogP contribution in [0.2, 0.25) is 0 Å². The number of carbonyl (C=O) groups is 1. The highest BCUT2D eigenvalue weighted by Crippen LogP contribution is 2.19. The van der Waals surface area contributed by atoms with E-state index in [-0.39, 0.29) is 11.8 Å². The van der Waals surface area contributed by atoms with E-state index < -0.39 is 5.97 Å². The molecule has 2 aromatic rings. The van der Waals surface area contributed by atoms with Crippen LogP contribution in [0.1, 0.15) is 29.1 Å². The van der Waals surface area contributed by atoms with Crippen molar-refractivity contribution in [2.75, 3.05) is 5.73 Å². The standard InChI is InChI=1S/C13H15N3O2/c1-9(10-6-4-3-5-7-10)18-13(17)12-11(14)8-16(2)15-12/h3-9H,14H2,1-2H3. The number of hydrogen-bond donors (Lipinski definition) is 1. The van der Waals surface area contributed by atoms with E-state index in [1.807, 2.05) is 37.3 Å². The van der Waals surface area contributed by atoms with Crippen molar-refractivity contribution in [3.8, 4) is 0 Å². The Morgan fingerprint density at radius 3 is 2.61 bits per heavy atom. The number of carbonyl (C=O) groups excluding carboxylic acids is 1. The first-order valence-electron chi connectivity index (χ1n) is 5.63. The summed E-state index contributed by atoms with van der Waals surface area (Å²) in [7, 11) is 1.70. The minimum absolute atomic E-state index is 0.153. The Morgan fingerprint density at radius 1 is 1.39 bits per heavy atom. The second-order valence-corrected chi connectivity index (χ2v) is 4.06. The largest absolute Gasteiger partial charge is 0.453 e. The van der Waals surface area contributed by atoms with Crippen molar-refractivity contribution in [2.24, 2.45) is 7.05 Å². The topological polar surface area (TPSA) is 70.1 Å². The van der Waals surface area contributed by atoms with Gasteiger partial charge in [-0.3, -0.25) is 4.68 Å². The Morgan fingerprint density at radius 2 is 2.06 bits per heavy atom. The van der Waals surface area contributed by atoms with Crippen LogP contribution in [-0.2, 0) is 11.8 Å². The molecule has 18 heavy (non-hydrogen) atoms. The molecule has 0 radical (unpaired) electrons. The van der Waals surface area contributed by atoms with Gasteiger partial charge in [0.05, 0.1) is 5.69 Å². The zero-order valence-corrected chi connectivity index (χ0v) is 10.3. The fourth-order valence-electron chi connectivity index (χ4n) is 1.67. The molecule has 1 aromatic carbocycles. The van der Waals surface area contributed by atoms with Gasteiger partial charge in [0.2, 0.25) is 0 Å². The molecule has 2 N–H and O–H groups in total. The molecule has 5 nitrogen and oxygen atoms in total. The van der Waals surface area contributed by atoms with Crippen LogP contribution < -0.4 is 5.73 Å². The van der Waals surface area contributed by atoms with E-state index in [4.69, 9.17) is 10.5 Å². The maximum atomic E-state index is 11.9. The van der Waals surface area contributed by atoms with E-state index in [2.05, 4.69) is 5.10 Å². The van der Waals surface area contributed by atoms with Crippen LogP contribution in [0.15, 0.2) is 36.5 Å². The number of nitrogens with two attached hydrogens (primary N) is 1. The highest BCUT2D eigenvalue weighted by Gasteiger charge is 2.18. The lowest BCUT2D eigenvalue weighted by Crippen LogP contribution is -2.11. The Balaban J connectivity index is 2.10. The number of aromatic nitrogens is 2. The minimum atomic E-state index is -0.510. The Kier molecular flexibility index (Phi) is 3.32. The molecule has 0 bridgehead atoms. The average Bonchev–Trinajstić information content (AvgIpc) is 2.69. The molecule has 2 rings (SSSR count). The molecule has 1 unspecified atom stereocenters. The van der Waals surface area contributed by atoms with Gasteiger partial charge in [-0.25, -0.2) is 4.79 Å². The van der Waals surface area contributed by atoms with Gasteiger partial charge < -0.3 is 10.5 Å². The lowest BCUT2D eigenvalue weighted by atomic mass is 10.1. The number of ether oxygens (including phenoxy) is 1. The first-order valence-corrected chi connectivity index (χ1v) is 5.63. The van der Waals surface area contributed by atoms with Gasteiger partial charge in [-0.15, -0.1) is 0 Å². The van der Waals surface area contributed by atoms with Crippen molar-refractivity contribution >= 4 is 11.7 Å². The summed E-state index contributed by atoms with van der Waals surface area (Å²) in [5.74, 6) is -0.510. The van der Waals surface area contributed by atoms with E-state index in [1.165, 1.54) is 4.68 Å². The lowest BCUT2D eigenvalue weighted by Gasteiger charge is -2.12. The van der Waals surface area contributed by atoms with Crippen LogP contribution in [0.4, 0.5) is 5.69 Å². The zero-order chi connectivity index (χ0) is 13.1. The summed E-state index contributed by atoms with van der Waals surface area (Å²) in [4.78, 5) is 11.9. The summed E-state index contributed by atoms with van der Waals surface area (Å²) < 4.78 is 6.81. The Hall–Kier alpha value is -2.30. The SMILES string of the molecule is CC(OC(=O)c1nn(C)cc1N)c1ccccc1. The highest BCUT2D eigenvalue weighted by atomic mass is 16.5. The van der Waals surface area contributed by atoms with Crippen molar-refractivity contribution in [1.82, 2.24) is 9.78 Å². The Labute approximate surface area is 105 Å². The molecular formula is C13H15N3O2. The van der Waals surface area contributed by atoms with Gasteiger partial charge in [0.25, 0.3) is 0 Å². The van der Waals surface area contributed by atoms with Crippen LogP contribution in [0.5, 0.6) is 0 Å². The predicted octanol–water partition coefficient (Wildman–Crippen LogP) is 1.92. The highest BCUT2D eigenvalue weighted by molar-refractivity contribution is 5.92. The molecule has 1 atom stereocenters. The van der Waals surface area contributed by atoms with E-state index in [0.717, 1.165) is 5.56 Å². The minimum Gasteiger partial charge on any atom is -0.453 e. The number of hydrogen-bond acceptors (Lipinski definition) is 4. The molecule has 1 aromatic heterocycles. The number of nitrogens with zero attached hydrogens (tertiary/aromatic N) is 2. The third-order valence-corrected chi connectivity index (χ3v) is 2.60. The number of rotatable bonds is 3. The summed E-state index contributed by atoms with van der Waals surface area (Å²) in [6, 6.07) is 9.51. The average molecular weight is 245 g/mol. The molecule has 0 amide bonds. The summed E-state index contributed by atoms with van der Waals surface area (Å²) in [5.41, 5.74) is 7.08. The molecule has 0 spiro atoms. The maximum absolute atomic E-state index is 11.9. The monoisotopic (exact) mass is 245 g/mol. The van der Waals surface area contributed by atoms with Gasteiger partial charge in [-0.05, 0) is 12.5 Å².